The van der Waals surface area contributed by atoms with Crippen molar-refractivity contribution in [2.24, 2.45) is 0 Å². The van der Waals surface area contributed by atoms with E-state index in [4.69, 9.17) is 9.47 Å². The van der Waals surface area contributed by atoms with Crippen LogP contribution in [-0.4, -0.2) is 79.1 Å². The van der Waals surface area contributed by atoms with Crippen LogP contribution in [0.1, 0.15) is 27.5 Å². The van der Waals surface area contributed by atoms with Crippen LogP contribution in [0.4, 0.5) is 0 Å². The number of nitrogens with zero attached hydrogens (tertiary/aromatic N) is 2. The molecule has 0 radical (unpaired) electrons. The molecule has 0 saturated carbocycles. The molecule has 8 nitrogen and oxygen atoms in total. The minimum atomic E-state index is -0.781. The third-order valence-corrected chi connectivity index (χ3v) is 6.59. The number of ether oxygens (including phenoxy) is 2. The molecule has 4 rings (SSSR count). The number of Topliss-reactive ketones (excluding diaryl/α,β-unsaturated/α-hetero) is 1. The highest BCUT2D eigenvalue weighted by molar-refractivity contribution is 9.10. The van der Waals surface area contributed by atoms with E-state index >= 15 is 0 Å². The highest BCUT2D eigenvalue weighted by atomic mass is 79.9. The maximum atomic E-state index is 13.1. The van der Waals surface area contributed by atoms with Crippen LogP contribution in [0.5, 0.6) is 0 Å². The van der Waals surface area contributed by atoms with Gasteiger partial charge in [-0.05, 0) is 29.8 Å². The Morgan fingerprint density at radius 3 is 2.26 bits per heavy atom. The molecule has 0 bridgehead atoms. The number of ketones is 1. The molecule has 1 N–H and O–H groups in total. The molecule has 2 aliphatic heterocycles. The lowest BCUT2D eigenvalue weighted by molar-refractivity contribution is -0.140. The minimum absolute atomic E-state index is 0.0279. The number of carbonyl (C=O) groups excluding carboxylic acids is 3. The average Bonchev–Trinajstić information content (AvgIpc) is 3.12. The number of halogens is 1. The highest BCUT2D eigenvalue weighted by Crippen LogP contribution is 2.39. The lowest BCUT2D eigenvalue weighted by Gasteiger charge is -2.31. The van der Waals surface area contributed by atoms with Gasteiger partial charge in [-0.1, -0.05) is 40.2 Å². The summed E-state index contributed by atoms with van der Waals surface area (Å²) < 4.78 is 11.0. The molecular formula is C25H25BrN2O6. The van der Waals surface area contributed by atoms with Gasteiger partial charge in [0.2, 0.25) is 0 Å². The molecule has 2 fully saturated rings. The zero-order valence-corrected chi connectivity index (χ0v) is 20.3. The first-order valence-corrected chi connectivity index (χ1v) is 11.7. The van der Waals surface area contributed by atoms with Crippen LogP contribution < -0.4 is 0 Å². The van der Waals surface area contributed by atoms with Gasteiger partial charge < -0.3 is 19.5 Å². The number of methoxy groups -OCH3 is 1. The summed E-state index contributed by atoms with van der Waals surface area (Å²) in [5.41, 5.74) is 1.43. The number of esters is 1. The fourth-order valence-corrected chi connectivity index (χ4v) is 4.48. The Balaban J connectivity index is 1.73. The number of benzene rings is 2. The molecule has 0 spiro atoms. The number of aliphatic hydroxyl groups is 1. The molecule has 2 heterocycles. The Labute approximate surface area is 205 Å². The van der Waals surface area contributed by atoms with Crippen LogP contribution in [0.3, 0.4) is 0 Å². The smallest absolute Gasteiger partial charge is 0.337 e. The van der Waals surface area contributed by atoms with E-state index < -0.39 is 23.7 Å². The van der Waals surface area contributed by atoms with Crippen LogP contribution in [-0.2, 0) is 19.1 Å². The van der Waals surface area contributed by atoms with Gasteiger partial charge >= 0.3 is 5.97 Å². The fraction of sp³-hybridized carbons (Fsp3) is 0.320. The lowest BCUT2D eigenvalue weighted by Crippen LogP contribution is -2.42. The lowest BCUT2D eigenvalue weighted by atomic mass is 9.94. The summed E-state index contributed by atoms with van der Waals surface area (Å²) in [6.07, 6.45) is 0. The molecule has 9 heteroatoms. The molecule has 2 aromatic rings. The topological polar surface area (TPSA) is 96.4 Å². The summed E-state index contributed by atoms with van der Waals surface area (Å²) in [7, 11) is 1.30. The molecule has 1 atom stereocenters. The molecule has 178 valence electrons. The van der Waals surface area contributed by atoms with E-state index in [1.807, 2.05) is 0 Å². The third-order valence-electron chi connectivity index (χ3n) is 6.07. The SMILES string of the molecule is COC(=O)c1ccc([C@@H]2/C(=C(\O)c3ccc(Br)cc3)C(=O)C(=O)N2CCN2CCOCC2)cc1. The van der Waals surface area contributed by atoms with E-state index in [2.05, 4.69) is 20.8 Å². The molecule has 0 aliphatic carbocycles. The first kappa shape index (κ1) is 24.1. The Hall–Kier alpha value is -3.01. The summed E-state index contributed by atoms with van der Waals surface area (Å²) in [5.74, 6) is -2.11. The minimum Gasteiger partial charge on any atom is -0.507 e. The van der Waals surface area contributed by atoms with Crippen molar-refractivity contribution in [2.45, 2.75) is 6.04 Å². The number of rotatable bonds is 6. The Morgan fingerprint density at radius 2 is 1.65 bits per heavy atom. The highest BCUT2D eigenvalue weighted by Gasteiger charge is 2.46. The Bertz CT molecular complexity index is 1110. The normalized spacial score (nSPS) is 20.5. The maximum Gasteiger partial charge on any atom is 0.337 e. The number of carbonyl (C=O) groups is 3. The Kier molecular flexibility index (Phi) is 7.45. The number of likely N-dealkylation sites (tertiary alicyclic amines) is 1. The number of amides is 1. The van der Waals surface area contributed by atoms with Crippen molar-refractivity contribution in [1.82, 2.24) is 9.80 Å². The standard InChI is InChI=1S/C25H25BrN2O6/c1-33-25(32)18-4-2-16(3-5-18)21-20(22(29)17-6-8-19(26)9-7-17)23(30)24(31)28(21)11-10-27-12-14-34-15-13-27/h2-9,21,29H,10-15H2,1H3/b22-20+/t21-/m1/s1. The predicted molar refractivity (Wildman–Crippen MR) is 128 cm³/mol. The average molecular weight is 529 g/mol. The van der Waals surface area contributed by atoms with Gasteiger partial charge in [-0.2, -0.15) is 0 Å². The zero-order valence-electron chi connectivity index (χ0n) is 18.7. The van der Waals surface area contributed by atoms with E-state index in [1.54, 1.807) is 48.5 Å². The second-order valence-corrected chi connectivity index (χ2v) is 8.98. The summed E-state index contributed by atoms with van der Waals surface area (Å²) in [5, 5.41) is 11.1. The monoisotopic (exact) mass is 528 g/mol. The molecule has 2 aromatic carbocycles. The van der Waals surface area contributed by atoms with Gasteiger partial charge in [0.15, 0.2) is 0 Å². The van der Waals surface area contributed by atoms with E-state index in [0.29, 0.717) is 43.0 Å². The third kappa shape index (κ3) is 4.91. The summed E-state index contributed by atoms with van der Waals surface area (Å²) >= 11 is 3.36. The van der Waals surface area contributed by atoms with Gasteiger partial charge in [-0.15, -0.1) is 0 Å². The van der Waals surface area contributed by atoms with Crippen molar-refractivity contribution < 1.29 is 29.0 Å². The largest absolute Gasteiger partial charge is 0.507 e. The van der Waals surface area contributed by atoms with Crippen LogP contribution in [0, 0.1) is 0 Å². The van der Waals surface area contributed by atoms with Gasteiger partial charge in [0.25, 0.3) is 11.7 Å². The first-order chi connectivity index (χ1) is 16.4. The second kappa shape index (κ2) is 10.5. The maximum absolute atomic E-state index is 13.1. The van der Waals surface area contributed by atoms with Crippen LogP contribution in [0.15, 0.2) is 58.6 Å². The van der Waals surface area contributed by atoms with E-state index in [-0.39, 0.29) is 11.3 Å². The fourth-order valence-electron chi connectivity index (χ4n) is 4.21. The number of hydrogen-bond acceptors (Lipinski definition) is 7. The van der Waals surface area contributed by atoms with Gasteiger partial charge in [0.1, 0.15) is 5.76 Å². The van der Waals surface area contributed by atoms with Crippen molar-refractivity contribution in [2.75, 3.05) is 46.5 Å². The number of aliphatic hydroxyl groups excluding tert-OH is 1. The van der Waals surface area contributed by atoms with Gasteiger partial charge in [-0.3, -0.25) is 14.5 Å². The molecule has 34 heavy (non-hydrogen) atoms. The second-order valence-electron chi connectivity index (χ2n) is 8.07. The summed E-state index contributed by atoms with van der Waals surface area (Å²) in [4.78, 5) is 41.8. The van der Waals surface area contributed by atoms with Crippen LogP contribution >= 0.6 is 15.9 Å². The van der Waals surface area contributed by atoms with Crippen molar-refractivity contribution in [3.05, 3.63) is 75.3 Å². The van der Waals surface area contributed by atoms with E-state index in [1.165, 1.54) is 12.0 Å². The summed E-state index contributed by atoms with van der Waals surface area (Å²) in [6.45, 7) is 3.64. The van der Waals surface area contributed by atoms with Crippen molar-refractivity contribution in [1.29, 1.82) is 0 Å². The first-order valence-electron chi connectivity index (χ1n) is 10.9. The summed E-state index contributed by atoms with van der Waals surface area (Å²) in [6, 6.07) is 12.6. The predicted octanol–water partition coefficient (Wildman–Crippen LogP) is 2.99. The van der Waals surface area contributed by atoms with Crippen molar-refractivity contribution in [3.63, 3.8) is 0 Å². The molecule has 2 saturated heterocycles. The van der Waals surface area contributed by atoms with Gasteiger partial charge in [-0.25, -0.2) is 4.79 Å². The molecule has 0 unspecified atom stereocenters. The molecule has 2 aliphatic rings. The van der Waals surface area contributed by atoms with Gasteiger partial charge in [0, 0.05) is 36.2 Å². The quantitative estimate of drug-likeness (QED) is 0.266. The van der Waals surface area contributed by atoms with Crippen molar-refractivity contribution in [3.8, 4) is 0 Å². The molecule has 0 aromatic heterocycles. The van der Waals surface area contributed by atoms with Crippen molar-refractivity contribution >= 4 is 39.3 Å². The van der Waals surface area contributed by atoms with E-state index in [0.717, 1.165) is 17.6 Å². The molecule has 1 amide bonds. The Morgan fingerprint density at radius 1 is 1.03 bits per heavy atom. The number of hydrogen-bond donors (Lipinski definition) is 1. The number of morpholine rings is 1. The van der Waals surface area contributed by atoms with Crippen LogP contribution in [0.25, 0.3) is 5.76 Å². The molecular weight excluding hydrogens is 504 g/mol. The van der Waals surface area contributed by atoms with Crippen LogP contribution in [0.2, 0.25) is 0 Å². The zero-order chi connectivity index (χ0) is 24.2. The van der Waals surface area contributed by atoms with Gasteiger partial charge in [0.05, 0.1) is 37.5 Å². The van der Waals surface area contributed by atoms with E-state index in [9.17, 15) is 19.5 Å².